The maximum absolute atomic E-state index is 12.3. The fraction of sp³-hybridized carbons (Fsp3) is 0.846. The van der Waals surface area contributed by atoms with Gasteiger partial charge in [0.2, 0.25) is 0 Å². The normalized spacial score (nSPS) is 12.2. The lowest BCUT2D eigenvalue weighted by Crippen LogP contribution is -2.44. The van der Waals surface area contributed by atoms with Crippen molar-refractivity contribution in [3.63, 3.8) is 0 Å². The van der Waals surface area contributed by atoms with Gasteiger partial charge in [-0.2, -0.15) is 0 Å². The van der Waals surface area contributed by atoms with E-state index < -0.39 is 25.0 Å². The van der Waals surface area contributed by atoms with Gasteiger partial charge in [-0.15, -0.1) is 0 Å². The van der Waals surface area contributed by atoms with Crippen LogP contribution in [0.15, 0.2) is 0 Å². The van der Waals surface area contributed by atoms with Crippen LogP contribution >= 0.6 is 0 Å². The molecule has 8 heteroatoms. The van der Waals surface area contributed by atoms with E-state index in [1.165, 1.54) is 0 Å². The standard InChI is InChI=1S/C13H24F2N2O4/c1-2-10(3-4-12(19)20)5-6-16-13(21)17(7-8-18)9-11(14)15/h10-11,18H,2-9H2,1H3,(H,16,21)(H,19,20). The van der Waals surface area contributed by atoms with Gasteiger partial charge in [0.1, 0.15) is 0 Å². The molecule has 0 fully saturated rings. The smallest absolute Gasteiger partial charge is 0.317 e. The van der Waals surface area contributed by atoms with Crippen molar-refractivity contribution in [1.29, 1.82) is 0 Å². The van der Waals surface area contributed by atoms with Crippen LogP contribution in [0.2, 0.25) is 0 Å². The molecular weight excluding hydrogens is 286 g/mol. The predicted molar refractivity (Wildman–Crippen MR) is 73.3 cm³/mol. The summed E-state index contributed by atoms with van der Waals surface area (Å²) < 4.78 is 24.6. The second kappa shape index (κ2) is 11.2. The van der Waals surface area contributed by atoms with Crippen LogP contribution in [0.25, 0.3) is 0 Å². The first-order valence-electron chi connectivity index (χ1n) is 7.04. The van der Waals surface area contributed by atoms with Gasteiger partial charge in [-0.25, -0.2) is 13.6 Å². The average molecular weight is 310 g/mol. The van der Waals surface area contributed by atoms with E-state index in [1.807, 2.05) is 6.92 Å². The third-order valence-electron chi connectivity index (χ3n) is 3.19. The van der Waals surface area contributed by atoms with Gasteiger partial charge >= 0.3 is 12.0 Å². The molecule has 1 atom stereocenters. The number of aliphatic hydroxyl groups excluding tert-OH is 1. The number of alkyl halides is 2. The largest absolute Gasteiger partial charge is 0.481 e. The maximum atomic E-state index is 12.3. The number of carbonyl (C=O) groups is 2. The maximum Gasteiger partial charge on any atom is 0.317 e. The molecule has 0 rings (SSSR count). The fourth-order valence-electron chi connectivity index (χ4n) is 1.94. The van der Waals surface area contributed by atoms with Gasteiger partial charge in [0.25, 0.3) is 6.43 Å². The van der Waals surface area contributed by atoms with Gasteiger partial charge in [0.05, 0.1) is 13.2 Å². The molecule has 0 spiro atoms. The zero-order chi connectivity index (χ0) is 16.3. The van der Waals surface area contributed by atoms with Crippen molar-refractivity contribution in [1.82, 2.24) is 10.2 Å². The van der Waals surface area contributed by atoms with Crippen molar-refractivity contribution in [2.75, 3.05) is 26.2 Å². The molecule has 21 heavy (non-hydrogen) atoms. The van der Waals surface area contributed by atoms with Crippen LogP contribution in [0.5, 0.6) is 0 Å². The number of carbonyl (C=O) groups excluding carboxylic acids is 1. The molecule has 0 saturated heterocycles. The highest BCUT2D eigenvalue weighted by Gasteiger charge is 2.17. The Morgan fingerprint density at radius 3 is 2.43 bits per heavy atom. The molecule has 1 unspecified atom stereocenters. The Morgan fingerprint density at radius 2 is 1.95 bits per heavy atom. The highest BCUT2D eigenvalue weighted by atomic mass is 19.3. The predicted octanol–water partition coefficient (Wildman–Crippen LogP) is 1.54. The third-order valence-corrected chi connectivity index (χ3v) is 3.19. The summed E-state index contributed by atoms with van der Waals surface area (Å²) in [6.45, 7) is 0.983. The first kappa shape index (κ1) is 19.6. The lowest BCUT2D eigenvalue weighted by Gasteiger charge is -2.22. The first-order valence-corrected chi connectivity index (χ1v) is 7.04. The van der Waals surface area contributed by atoms with Crippen LogP contribution in [-0.4, -0.2) is 59.8 Å². The quantitative estimate of drug-likeness (QED) is 0.540. The summed E-state index contributed by atoms with van der Waals surface area (Å²) in [6, 6.07) is -0.641. The molecule has 0 saturated carbocycles. The number of carboxylic acid groups (broad SMARTS) is 1. The van der Waals surface area contributed by atoms with E-state index in [4.69, 9.17) is 10.2 Å². The van der Waals surface area contributed by atoms with Gasteiger partial charge in [-0.1, -0.05) is 13.3 Å². The average Bonchev–Trinajstić information content (AvgIpc) is 2.41. The molecule has 0 aromatic rings. The van der Waals surface area contributed by atoms with Crippen molar-refractivity contribution in [3.05, 3.63) is 0 Å². The molecule has 0 heterocycles. The Labute approximate surface area is 123 Å². The Morgan fingerprint density at radius 1 is 1.29 bits per heavy atom. The van der Waals surface area contributed by atoms with Crippen LogP contribution in [-0.2, 0) is 4.79 Å². The number of halogens is 2. The van der Waals surface area contributed by atoms with Crippen molar-refractivity contribution < 1.29 is 28.6 Å². The molecule has 124 valence electrons. The van der Waals surface area contributed by atoms with E-state index in [2.05, 4.69) is 5.32 Å². The highest BCUT2D eigenvalue weighted by molar-refractivity contribution is 5.74. The number of nitrogens with zero attached hydrogens (tertiary/aromatic N) is 1. The summed E-state index contributed by atoms with van der Waals surface area (Å²) >= 11 is 0. The first-order chi connectivity index (χ1) is 9.90. The van der Waals surface area contributed by atoms with E-state index in [-0.39, 0.29) is 25.5 Å². The SMILES string of the molecule is CCC(CCNC(=O)N(CCO)CC(F)F)CCC(=O)O. The number of hydrogen-bond donors (Lipinski definition) is 3. The number of aliphatic hydroxyl groups is 1. The monoisotopic (exact) mass is 310 g/mol. The molecule has 0 radical (unpaired) electrons. The lowest BCUT2D eigenvalue weighted by atomic mass is 9.97. The zero-order valence-electron chi connectivity index (χ0n) is 12.2. The van der Waals surface area contributed by atoms with Crippen LogP contribution in [0.1, 0.15) is 32.6 Å². The molecular formula is C13H24F2N2O4. The molecule has 0 bridgehead atoms. The van der Waals surface area contributed by atoms with Gasteiger partial charge in [-0.3, -0.25) is 4.79 Å². The third kappa shape index (κ3) is 10.0. The Hall–Kier alpha value is -1.44. The van der Waals surface area contributed by atoms with Gasteiger partial charge in [-0.05, 0) is 18.8 Å². The molecule has 0 aliphatic carbocycles. The van der Waals surface area contributed by atoms with Crippen molar-refractivity contribution in [3.8, 4) is 0 Å². The summed E-state index contributed by atoms with van der Waals surface area (Å²) in [7, 11) is 0. The highest BCUT2D eigenvalue weighted by Crippen LogP contribution is 2.14. The Kier molecular flexibility index (Phi) is 10.5. The van der Waals surface area contributed by atoms with E-state index in [1.54, 1.807) is 0 Å². The summed E-state index contributed by atoms with van der Waals surface area (Å²) in [4.78, 5) is 23.0. The topological polar surface area (TPSA) is 89.9 Å². The number of urea groups is 1. The molecule has 6 nitrogen and oxygen atoms in total. The minimum Gasteiger partial charge on any atom is -0.481 e. The summed E-state index contributed by atoms with van der Waals surface area (Å²) in [5, 5.41) is 19.9. The van der Waals surface area contributed by atoms with E-state index in [0.717, 1.165) is 11.3 Å². The number of nitrogens with one attached hydrogen (secondary N) is 1. The molecule has 0 aliphatic heterocycles. The molecule has 2 amide bonds. The summed E-state index contributed by atoms with van der Waals surface area (Å²) in [6.07, 6.45) is -0.660. The number of aliphatic carboxylic acids is 1. The Bertz CT molecular complexity index is 317. The van der Waals surface area contributed by atoms with Crippen LogP contribution < -0.4 is 5.32 Å². The summed E-state index contributed by atoms with van der Waals surface area (Å²) in [5.74, 6) is -0.689. The van der Waals surface area contributed by atoms with Crippen molar-refractivity contribution in [2.45, 2.75) is 39.0 Å². The van der Waals surface area contributed by atoms with Crippen molar-refractivity contribution >= 4 is 12.0 Å². The minimum atomic E-state index is -2.65. The summed E-state index contributed by atoms with van der Waals surface area (Å²) in [5.41, 5.74) is 0. The van der Waals surface area contributed by atoms with E-state index in [0.29, 0.717) is 19.4 Å². The molecule has 0 aromatic heterocycles. The van der Waals surface area contributed by atoms with E-state index >= 15 is 0 Å². The second-order valence-corrected chi connectivity index (χ2v) is 4.79. The minimum absolute atomic E-state index is 0.0779. The fourth-order valence-corrected chi connectivity index (χ4v) is 1.94. The number of carboxylic acids is 1. The Balaban J connectivity index is 4.10. The molecule has 0 aliphatic rings. The number of amides is 2. The van der Waals surface area contributed by atoms with Gasteiger partial charge < -0.3 is 20.4 Å². The van der Waals surface area contributed by atoms with Crippen LogP contribution in [0, 0.1) is 5.92 Å². The van der Waals surface area contributed by atoms with Crippen LogP contribution in [0.3, 0.4) is 0 Å². The molecule has 0 aromatic carbocycles. The molecule has 3 N–H and O–H groups in total. The second-order valence-electron chi connectivity index (χ2n) is 4.79. The van der Waals surface area contributed by atoms with Crippen molar-refractivity contribution in [2.24, 2.45) is 5.92 Å². The van der Waals surface area contributed by atoms with E-state index in [9.17, 15) is 18.4 Å². The zero-order valence-corrected chi connectivity index (χ0v) is 12.2. The number of hydrogen-bond acceptors (Lipinski definition) is 3. The lowest BCUT2D eigenvalue weighted by molar-refractivity contribution is -0.137. The van der Waals surface area contributed by atoms with Crippen LogP contribution in [0.4, 0.5) is 13.6 Å². The van der Waals surface area contributed by atoms with Gasteiger partial charge in [0.15, 0.2) is 0 Å². The number of rotatable bonds is 11. The van der Waals surface area contributed by atoms with Gasteiger partial charge in [0, 0.05) is 19.5 Å².